The highest BCUT2D eigenvalue weighted by atomic mass is 79.9. The van der Waals surface area contributed by atoms with Gasteiger partial charge in [0.2, 0.25) is 5.91 Å². The molecule has 1 aromatic rings. The SMILES string of the molecule is NC(=O)C1(CNC(=O)c2csc(Br)c2)CCOCC1. The van der Waals surface area contributed by atoms with Gasteiger partial charge in [-0.1, -0.05) is 0 Å². The summed E-state index contributed by atoms with van der Waals surface area (Å²) >= 11 is 4.75. The minimum Gasteiger partial charge on any atom is -0.381 e. The molecule has 7 heteroatoms. The molecule has 0 bridgehead atoms. The van der Waals surface area contributed by atoms with Crippen molar-refractivity contribution < 1.29 is 14.3 Å². The number of hydrogen-bond donors (Lipinski definition) is 2. The second kappa shape index (κ2) is 6.02. The van der Waals surface area contributed by atoms with Crippen LogP contribution in [0.2, 0.25) is 0 Å². The van der Waals surface area contributed by atoms with Gasteiger partial charge in [-0.25, -0.2) is 0 Å². The van der Waals surface area contributed by atoms with Crippen LogP contribution in [0.25, 0.3) is 0 Å². The monoisotopic (exact) mass is 346 g/mol. The van der Waals surface area contributed by atoms with Gasteiger partial charge in [0.25, 0.3) is 5.91 Å². The molecule has 1 aromatic heterocycles. The molecule has 19 heavy (non-hydrogen) atoms. The average Bonchev–Trinajstić information content (AvgIpc) is 2.83. The number of primary amides is 1. The van der Waals surface area contributed by atoms with E-state index in [4.69, 9.17) is 10.5 Å². The fourth-order valence-electron chi connectivity index (χ4n) is 2.05. The summed E-state index contributed by atoms with van der Waals surface area (Å²) in [7, 11) is 0. The van der Waals surface area contributed by atoms with E-state index in [2.05, 4.69) is 21.2 Å². The van der Waals surface area contributed by atoms with Gasteiger partial charge in [0.1, 0.15) is 0 Å². The van der Waals surface area contributed by atoms with Crippen molar-refractivity contribution in [2.75, 3.05) is 19.8 Å². The van der Waals surface area contributed by atoms with E-state index < -0.39 is 5.41 Å². The Morgan fingerprint density at radius 2 is 2.16 bits per heavy atom. The second-order valence-corrected chi connectivity index (χ2v) is 6.87. The van der Waals surface area contributed by atoms with Crippen LogP contribution in [0.4, 0.5) is 0 Å². The Kier molecular flexibility index (Phi) is 4.59. The summed E-state index contributed by atoms with van der Waals surface area (Å²) in [4.78, 5) is 23.6. The second-order valence-electron chi connectivity index (χ2n) is 4.58. The first-order valence-electron chi connectivity index (χ1n) is 5.93. The maximum absolute atomic E-state index is 12.0. The Morgan fingerprint density at radius 3 is 2.68 bits per heavy atom. The molecule has 0 aliphatic carbocycles. The standard InChI is InChI=1S/C12H15BrN2O3S/c13-9-5-8(6-19-9)10(16)15-7-12(11(14)17)1-3-18-4-2-12/h5-6H,1-4,7H2,(H2,14,17)(H,15,16). The average molecular weight is 347 g/mol. The molecule has 2 heterocycles. The van der Waals surface area contributed by atoms with Crippen molar-refractivity contribution in [2.45, 2.75) is 12.8 Å². The summed E-state index contributed by atoms with van der Waals surface area (Å²) in [5, 5.41) is 4.56. The Bertz CT molecular complexity index is 483. The third-order valence-corrected chi connectivity index (χ3v) is 4.89. The van der Waals surface area contributed by atoms with Gasteiger partial charge in [0.05, 0.1) is 14.8 Å². The number of hydrogen-bond acceptors (Lipinski definition) is 4. The zero-order chi connectivity index (χ0) is 13.9. The molecule has 2 rings (SSSR count). The quantitative estimate of drug-likeness (QED) is 0.867. The van der Waals surface area contributed by atoms with Crippen LogP contribution in [0, 0.1) is 5.41 Å². The summed E-state index contributed by atoms with van der Waals surface area (Å²) in [5.74, 6) is -0.559. The number of halogens is 1. The number of thiophene rings is 1. The number of carbonyl (C=O) groups excluding carboxylic acids is 2. The molecule has 0 spiro atoms. The lowest BCUT2D eigenvalue weighted by atomic mass is 9.79. The molecule has 0 atom stereocenters. The Hall–Kier alpha value is -0.920. The molecule has 5 nitrogen and oxygen atoms in total. The van der Waals surface area contributed by atoms with Crippen LogP contribution >= 0.6 is 27.3 Å². The fraction of sp³-hybridized carbons (Fsp3) is 0.500. The highest BCUT2D eigenvalue weighted by Crippen LogP contribution is 2.29. The Morgan fingerprint density at radius 1 is 1.47 bits per heavy atom. The van der Waals surface area contributed by atoms with Crippen LogP contribution in [-0.2, 0) is 9.53 Å². The van der Waals surface area contributed by atoms with Gasteiger partial charge in [-0.15, -0.1) is 11.3 Å². The van der Waals surface area contributed by atoms with Crippen molar-refractivity contribution in [3.05, 3.63) is 20.8 Å². The number of nitrogens with one attached hydrogen (secondary N) is 1. The molecular weight excluding hydrogens is 332 g/mol. The van der Waals surface area contributed by atoms with Crippen LogP contribution in [0.5, 0.6) is 0 Å². The van der Waals surface area contributed by atoms with Crippen LogP contribution in [0.15, 0.2) is 15.2 Å². The molecule has 0 unspecified atom stereocenters. The lowest BCUT2D eigenvalue weighted by molar-refractivity contribution is -0.132. The van der Waals surface area contributed by atoms with Crippen molar-refractivity contribution in [3.63, 3.8) is 0 Å². The molecular formula is C12H15BrN2O3S. The molecule has 3 N–H and O–H groups in total. The number of carbonyl (C=O) groups is 2. The van der Waals surface area contributed by atoms with Gasteiger partial charge in [-0.2, -0.15) is 0 Å². The van der Waals surface area contributed by atoms with Crippen molar-refractivity contribution in [1.29, 1.82) is 0 Å². The molecule has 0 aromatic carbocycles. The molecule has 1 aliphatic rings. The largest absolute Gasteiger partial charge is 0.381 e. The van der Waals surface area contributed by atoms with E-state index in [1.54, 1.807) is 11.4 Å². The van der Waals surface area contributed by atoms with Crippen LogP contribution in [-0.4, -0.2) is 31.6 Å². The number of ether oxygens (including phenoxy) is 1. The highest BCUT2D eigenvalue weighted by Gasteiger charge is 2.38. The van der Waals surface area contributed by atoms with Crippen LogP contribution < -0.4 is 11.1 Å². The van der Waals surface area contributed by atoms with Crippen molar-refractivity contribution >= 4 is 39.1 Å². The smallest absolute Gasteiger partial charge is 0.252 e. The van der Waals surface area contributed by atoms with Gasteiger partial charge in [-0.3, -0.25) is 9.59 Å². The highest BCUT2D eigenvalue weighted by molar-refractivity contribution is 9.11. The van der Waals surface area contributed by atoms with E-state index in [1.807, 2.05) is 0 Å². The van der Waals surface area contributed by atoms with E-state index in [0.29, 0.717) is 31.6 Å². The lowest BCUT2D eigenvalue weighted by Crippen LogP contribution is -2.49. The van der Waals surface area contributed by atoms with E-state index in [9.17, 15) is 9.59 Å². The van der Waals surface area contributed by atoms with E-state index in [-0.39, 0.29) is 18.4 Å². The van der Waals surface area contributed by atoms with Gasteiger partial charge in [0.15, 0.2) is 0 Å². The maximum Gasteiger partial charge on any atom is 0.252 e. The Labute approximate surface area is 123 Å². The predicted octanol–water partition coefficient (Wildman–Crippen LogP) is 1.52. The van der Waals surface area contributed by atoms with Crippen molar-refractivity contribution in [1.82, 2.24) is 5.32 Å². The topological polar surface area (TPSA) is 81.4 Å². The third-order valence-electron chi connectivity index (χ3n) is 3.39. The first kappa shape index (κ1) is 14.5. The minimum atomic E-state index is -0.679. The number of nitrogens with two attached hydrogens (primary N) is 1. The van der Waals surface area contributed by atoms with Crippen molar-refractivity contribution in [3.8, 4) is 0 Å². The normalized spacial score (nSPS) is 17.9. The summed E-state index contributed by atoms with van der Waals surface area (Å²) < 4.78 is 6.14. The van der Waals surface area contributed by atoms with Gasteiger partial charge in [-0.05, 0) is 34.8 Å². The minimum absolute atomic E-state index is 0.186. The summed E-state index contributed by atoms with van der Waals surface area (Å²) in [6, 6.07) is 1.75. The molecule has 1 fully saturated rings. The number of rotatable bonds is 4. The zero-order valence-corrected chi connectivity index (χ0v) is 12.7. The summed E-state index contributed by atoms with van der Waals surface area (Å²) in [6.45, 7) is 1.27. The van der Waals surface area contributed by atoms with Gasteiger partial charge >= 0.3 is 0 Å². The lowest BCUT2D eigenvalue weighted by Gasteiger charge is -2.34. The van der Waals surface area contributed by atoms with E-state index >= 15 is 0 Å². The first-order chi connectivity index (χ1) is 9.03. The van der Waals surface area contributed by atoms with Gasteiger partial charge in [0, 0.05) is 25.1 Å². The summed E-state index contributed by atoms with van der Waals surface area (Å²) in [6.07, 6.45) is 1.10. The molecule has 1 aliphatic heterocycles. The van der Waals surface area contributed by atoms with Crippen LogP contribution in [0.3, 0.4) is 0 Å². The van der Waals surface area contributed by atoms with Crippen LogP contribution in [0.1, 0.15) is 23.2 Å². The van der Waals surface area contributed by atoms with E-state index in [1.165, 1.54) is 11.3 Å². The third kappa shape index (κ3) is 3.34. The molecule has 2 amide bonds. The van der Waals surface area contributed by atoms with Crippen molar-refractivity contribution in [2.24, 2.45) is 11.1 Å². The van der Waals surface area contributed by atoms with E-state index in [0.717, 1.165) is 3.79 Å². The first-order valence-corrected chi connectivity index (χ1v) is 7.61. The zero-order valence-electron chi connectivity index (χ0n) is 10.3. The Balaban J connectivity index is 1.99. The molecule has 1 saturated heterocycles. The molecule has 0 saturated carbocycles. The number of amides is 2. The fourth-order valence-corrected chi connectivity index (χ4v) is 3.19. The predicted molar refractivity (Wildman–Crippen MR) is 76.0 cm³/mol. The molecule has 104 valence electrons. The van der Waals surface area contributed by atoms with Gasteiger partial charge < -0.3 is 15.8 Å². The summed E-state index contributed by atoms with van der Waals surface area (Å²) in [5.41, 5.74) is 5.39. The molecule has 0 radical (unpaired) electrons. The maximum atomic E-state index is 12.0.